The van der Waals surface area contributed by atoms with Crippen LogP contribution in [0.15, 0.2) is 36.5 Å². The molecule has 0 amide bonds. The Kier molecular flexibility index (Phi) is 22.7. The van der Waals surface area contributed by atoms with Crippen LogP contribution in [0.4, 0.5) is 0 Å². The van der Waals surface area contributed by atoms with Crippen molar-refractivity contribution in [1.82, 2.24) is 26.6 Å². The number of nitrogens with one attached hydrogen (secondary N) is 5. The summed E-state index contributed by atoms with van der Waals surface area (Å²) in [4.78, 5) is 0. The van der Waals surface area contributed by atoms with Gasteiger partial charge in [0.2, 0.25) is 0 Å². The fourth-order valence-corrected chi connectivity index (χ4v) is 2.11. The summed E-state index contributed by atoms with van der Waals surface area (Å²) in [5.74, 6) is 0. The fraction of sp³-hybridized carbons (Fsp3) is 0.684. The van der Waals surface area contributed by atoms with Gasteiger partial charge in [-0.05, 0) is 32.5 Å². The topological polar surface area (TPSA) is 60.1 Å². The zero-order chi connectivity index (χ0) is 18.3. The van der Waals surface area contributed by atoms with Gasteiger partial charge in [-0.3, -0.25) is 0 Å². The summed E-state index contributed by atoms with van der Waals surface area (Å²) in [6.07, 6.45) is 15.3. The molecule has 25 heavy (non-hydrogen) atoms. The second-order valence-electron chi connectivity index (χ2n) is 5.58. The Morgan fingerprint density at radius 3 is 1.40 bits per heavy atom. The maximum Gasteiger partial charge on any atom is 0.0713 e. The summed E-state index contributed by atoms with van der Waals surface area (Å²) in [6, 6.07) is 0.545. The molecular formula is C19H38ClN5. The van der Waals surface area contributed by atoms with E-state index in [1.807, 2.05) is 0 Å². The standard InChI is InChI=1S/C19H38ClN5/c1-2-21-11-3-4-12-22-13-5-6-14-23-15-7-8-16-24-17-9-10-18-25-19-20/h3-8,21-25H,2,9-19H2,1H3/b4-3-,6-5-,8-7-. The predicted molar refractivity (Wildman–Crippen MR) is 113 cm³/mol. The van der Waals surface area contributed by atoms with Crippen molar-refractivity contribution in [3.05, 3.63) is 36.5 Å². The number of unbranched alkanes of at least 4 members (excludes halogenated alkanes) is 1. The van der Waals surface area contributed by atoms with Gasteiger partial charge in [0.1, 0.15) is 0 Å². The molecule has 0 aromatic carbocycles. The third kappa shape index (κ3) is 23.3. The first kappa shape index (κ1) is 24.3. The van der Waals surface area contributed by atoms with Crippen LogP contribution in [0.5, 0.6) is 0 Å². The van der Waals surface area contributed by atoms with Crippen LogP contribution < -0.4 is 26.6 Å². The van der Waals surface area contributed by atoms with E-state index in [-0.39, 0.29) is 0 Å². The summed E-state index contributed by atoms with van der Waals surface area (Å²) < 4.78 is 0. The Labute approximate surface area is 159 Å². The van der Waals surface area contributed by atoms with E-state index in [1.54, 1.807) is 0 Å². The molecule has 0 spiro atoms. The summed E-state index contributed by atoms with van der Waals surface area (Å²) in [5.41, 5.74) is 0. The maximum atomic E-state index is 5.54. The average Bonchev–Trinajstić information content (AvgIpc) is 2.63. The highest BCUT2D eigenvalue weighted by Crippen LogP contribution is 1.84. The Morgan fingerprint density at radius 1 is 0.560 bits per heavy atom. The summed E-state index contributed by atoms with van der Waals surface area (Å²) in [6.45, 7) is 10.7. The largest absolute Gasteiger partial charge is 0.314 e. The molecule has 0 atom stereocenters. The minimum atomic E-state index is 0.545. The van der Waals surface area contributed by atoms with Crippen LogP contribution in [0.25, 0.3) is 0 Å². The van der Waals surface area contributed by atoms with Crippen molar-refractivity contribution < 1.29 is 0 Å². The highest BCUT2D eigenvalue weighted by atomic mass is 35.5. The maximum absolute atomic E-state index is 5.54. The lowest BCUT2D eigenvalue weighted by molar-refractivity contribution is 0.623. The van der Waals surface area contributed by atoms with Crippen LogP contribution >= 0.6 is 11.6 Å². The Bertz CT molecular complexity index is 332. The first-order valence-corrected chi connectivity index (χ1v) is 9.99. The van der Waals surface area contributed by atoms with E-state index in [0.717, 1.165) is 58.9 Å². The van der Waals surface area contributed by atoms with Gasteiger partial charge < -0.3 is 26.6 Å². The van der Waals surface area contributed by atoms with Crippen molar-refractivity contribution in [3.63, 3.8) is 0 Å². The third-order valence-electron chi connectivity index (χ3n) is 3.37. The number of hydrogen-bond donors (Lipinski definition) is 5. The van der Waals surface area contributed by atoms with E-state index in [1.165, 1.54) is 12.8 Å². The SMILES string of the molecule is CCNC/C=C\CNC/C=C\CNC/C=C\CNCCCCNCCl. The molecule has 0 saturated carbocycles. The molecule has 0 aliphatic rings. The lowest BCUT2D eigenvalue weighted by atomic mass is 10.3. The summed E-state index contributed by atoms with van der Waals surface area (Å²) >= 11 is 5.54. The summed E-state index contributed by atoms with van der Waals surface area (Å²) in [7, 11) is 0. The molecule has 0 unspecified atom stereocenters. The molecule has 0 aliphatic heterocycles. The number of hydrogen-bond acceptors (Lipinski definition) is 5. The molecule has 6 heteroatoms. The van der Waals surface area contributed by atoms with E-state index in [2.05, 4.69) is 70.0 Å². The van der Waals surface area contributed by atoms with E-state index < -0.39 is 0 Å². The van der Waals surface area contributed by atoms with Gasteiger partial charge in [-0.15, -0.1) is 11.6 Å². The number of halogens is 1. The van der Waals surface area contributed by atoms with E-state index in [4.69, 9.17) is 11.6 Å². The van der Waals surface area contributed by atoms with E-state index in [0.29, 0.717) is 6.00 Å². The van der Waals surface area contributed by atoms with Crippen LogP contribution in [-0.2, 0) is 0 Å². The van der Waals surface area contributed by atoms with Gasteiger partial charge in [0, 0.05) is 39.3 Å². The van der Waals surface area contributed by atoms with Crippen molar-refractivity contribution in [2.24, 2.45) is 0 Å². The minimum absolute atomic E-state index is 0.545. The van der Waals surface area contributed by atoms with Gasteiger partial charge in [-0.2, -0.15) is 0 Å². The Morgan fingerprint density at radius 2 is 0.960 bits per heavy atom. The zero-order valence-corrected chi connectivity index (χ0v) is 16.6. The molecule has 5 nitrogen and oxygen atoms in total. The van der Waals surface area contributed by atoms with Crippen LogP contribution in [0.3, 0.4) is 0 Å². The number of rotatable bonds is 19. The quantitative estimate of drug-likeness (QED) is 0.103. The molecule has 0 bridgehead atoms. The average molecular weight is 372 g/mol. The highest BCUT2D eigenvalue weighted by molar-refractivity contribution is 6.17. The fourth-order valence-electron chi connectivity index (χ4n) is 1.98. The second kappa shape index (κ2) is 23.3. The second-order valence-corrected chi connectivity index (χ2v) is 5.85. The normalized spacial score (nSPS) is 12.2. The molecule has 0 saturated heterocycles. The van der Waals surface area contributed by atoms with Crippen molar-refractivity contribution in [2.75, 3.05) is 64.9 Å². The molecule has 0 fully saturated rings. The zero-order valence-electron chi connectivity index (χ0n) is 15.8. The molecule has 0 aromatic rings. The molecule has 5 N–H and O–H groups in total. The third-order valence-corrected chi connectivity index (χ3v) is 3.56. The van der Waals surface area contributed by atoms with Gasteiger partial charge in [0.25, 0.3) is 0 Å². The molecule has 0 heterocycles. The predicted octanol–water partition coefficient (Wildman–Crippen LogP) is 1.60. The number of likely N-dealkylation sites (N-methyl/N-ethyl adjacent to an activating group) is 1. The Balaban J connectivity index is 3.19. The highest BCUT2D eigenvalue weighted by Gasteiger charge is 1.87. The van der Waals surface area contributed by atoms with Crippen molar-refractivity contribution in [3.8, 4) is 0 Å². The molecule has 0 rings (SSSR count). The molecule has 0 radical (unpaired) electrons. The minimum Gasteiger partial charge on any atom is -0.314 e. The molecule has 0 aliphatic carbocycles. The number of alkyl halides is 1. The van der Waals surface area contributed by atoms with Crippen LogP contribution in [-0.4, -0.2) is 64.9 Å². The molecule has 146 valence electrons. The van der Waals surface area contributed by atoms with Crippen LogP contribution in [0.2, 0.25) is 0 Å². The first-order chi connectivity index (χ1) is 12.4. The van der Waals surface area contributed by atoms with Crippen molar-refractivity contribution in [2.45, 2.75) is 19.8 Å². The van der Waals surface area contributed by atoms with Crippen molar-refractivity contribution in [1.29, 1.82) is 0 Å². The molecule has 0 aromatic heterocycles. The smallest absolute Gasteiger partial charge is 0.0713 e. The monoisotopic (exact) mass is 371 g/mol. The first-order valence-electron chi connectivity index (χ1n) is 9.46. The van der Waals surface area contributed by atoms with Crippen molar-refractivity contribution >= 4 is 11.6 Å². The van der Waals surface area contributed by atoms with Crippen LogP contribution in [0.1, 0.15) is 19.8 Å². The van der Waals surface area contributed by atoms with Gasteiger partial charge >= 0.3 is 0 Å². The van der Waals surface area contributed by atoms with E-state index >= 15 is 0 Å². The molecular weight excluding hydrogens is 334 g/mol. The van der Waals surface area contributed by atoms with Gasteiger partial charge in [-0.25, -0.2) is 0 Å². The lowest BCUT2D eigenvalue weighted by Gasteiger charge is -2.02. The van der Waals surface area contributed by atoms with Gasteiger partial charge in [0.05, 0.1) is 6.00 Å². The van der Waals surface area contributed by atoms with E-state index in [9.17, 15) is 0 Å². The van der Waals surface area contributed by atoms with Gasteiger partial charge in [-0.1, -0.05) is 43.4 Å². The summed E-state index contributed by atoms with van der Waals surface area (Å²) in [5, 5.41) is 16.5. The van der Waals surface area contributed by atoms with Crippen LogP contribution in [0, 0.1) is 0 Å². The Hall–Kier alpha value is -0.690. The lowest BCUT2D eigenvalue weighted by Crippen LogP contribution is -2.19. The van der Waals surface area contributed by atoms with Gasteiger partial charge in [0.15, 0.2) is 0 Å².